The van der Waals surface area contributed by atoms with Crippen molar-refractivity contribution in [3.63, 3.8) is 0 Å². The minimum absolute atomic E-state index is 0.0943. The number of fused-ring (bicyclic) bond motifs is 1. The lowest BCUT2D eigenvalue weighted by Crippen LogP contribution is -2.17. The number of halogens is 5. The molecule has 0 saturated heterocycles. The number of hydrogen-bond acceptors (Lipinski definition) is 2. The number of imidazole rings is 1. The van der Waals surface area contributed by atoms with E-state index in [0.717, 1.165) is 4.57 Å². The summed E-state index contributed by atoms with van der Waals surface area (Å²) in [6.45, 7) is 1.41. The molecule has 0 aliphatic rings. The number of alkyl halides is 3. The first kappa shape index (κ1) is 14.9. The molecule has 3 nitrogen and oxygen atoms in total. The van der Waals surface area contributed by atoms with Gasteiger partial charge in [-0.1, -0.05) is 23.2 Å². The van der Waals surface area contributed by atoms with Crippen LogP contribution in [0.25, 0.3) is 11.0 Å². The summed E-state index contributed by atoms with van der Waals surface area (Å²) in [5.41, 5.74) is 0.297. The van der Waals surface area contributed by atoms with Crippen LogP contribution >= 0.6 is 23.2 Å². The minimum Gasteiger partial charge on any atom is -0.319 e. The van der Waals surface area contributed by atoms with Crippen LogP contribution in [0.2, 0.25) is 10.0 Å². The zero-order chi connectivity index (χ0) is 15.1. The summed E-state index contributed by atoms with van der Waals surface area (Å²) >= 11 is 11.6. The van der Waals surface area contributed by atoms with Crippen molar-refractivity contribution in [1.82, 2.24) is 9.55 Å². The molecule has 0 aliphatic heterocycles. The third-order valence-electron chi connectivity index (χ3n) is 2.72. The van der Waals surface area contributed by atoms with Crippen molar-refractivity contribution < 1.29 is 13.2 Å². The Kier molecular flexibility index (Phi) is 3.85. The number of rotatable bonds is 2. The lowest BCUT2D eigenvalue weighted by molar-refractivity contribution is -0.147. The van der Waals surface area contributed by atoms with Crippen molar-refractivity contribution in [2.75, 3.05) is 0 Å². The summed E-state index contributed by atoms with van der Waals surface area (Å²) in [7, 11) is 0. The highest BCUT2D eigenvalue weighted by atomic mass is 35.5. The molecule has 1 unspecified atom stereocenters. The molecule has 0 spiro atoms. The summed E-state index contributed by atoms with van der Waals surface area (Å²) in [6.07, 6.45) is -4.62. The first-order valence-corrected chi connectivity index (χ1v) is 6.31. The highest BCUT2D eigenvalue weighted by molar-refractivity contribution is 6.42. The largest absolute Gasteiger partial charge is 0.449 e. The van der Waals surface area contributed by atoms with E-state index in [4.69, 9.17) is 28.5 Å². The van der Waals surface area contributed by atoms with Gasteiger partial charge < -0.3 is 4.57 Å². The van der Waals surface area contributed by atoms with Crippen LogP contribution < -0.4 is 0 Å². The first-order valence-electron chi connectivity index (χ1n) is 5.56. The molecule has 106 valence electrons. The molecular formula is C12H8Cl2F3N3. The summed E-state index contributed by atoms with van der Waals surface area (Å²) in [6, 6.07) is 4.50. The Morgan fingerprint density at radius 1 is 1.35 bits per heavy atom. The van der Waals surface area contributed by atoms with Crippen LogP contribution in [-0.4, -0.2) is 9.55 Å². The van der Waals surface area contributed by atoms with Crippen LogP contribution in [0.1, 0.15) is 12.7 Å². The van der Waals surface area contributed by atoms with Gasteiger partial charge in [0.2, 0.25) is 5.82 Å². The Labute approximate surface area is 122 Å². The molecule has 1 aromatic carbocycles. The van der Waals surface area contributed by atoms with Crippen molar-refractivity contribution in [3.05, 3.63) is 28.0 Å². The van der Waals surface area contributed by atoms with Gasteiger partial charge in [0.15, 0.2) is 0 Å². The molecule has 0 aliphatic carbocycles. The van der Waals surface area contributed by atoms with Crippen molar-refractivity contribution in [1.29, 1.82) is 5.26 Å². The fourth-order valence-electron chi connectivity index (χ4n) is 1.84. The zero-order valence-electron chi connectivity index (χ0n) is 10.2. The standard InChI is InChI=1S/C12H8Cl2F3N3/c1-6(4-18)5-20-10-3-8(14)7(13)2-9(10)19-11(20)12(15,16)17/h2-3,6H,5H2,1H3. The van der Waals surface area contributed by atoms with E-state index >= 15 is 0 Å². The van der Waals surface area contributed by atoms with Gasteiger partial charge in [-0.3, -0.25) is 0 Å². The number of nitriles is 1. The van der Waals surface area contributed by atoms with E-state index in [9.17, 15) is 13.2 Å². The maximum atomic E-state index is 13.0. The van der Waals surface area contributed by atoms with Gasteiger partial charge in [0.05, 0.1) is 33.1 Å². The summed E-state index contributed by atoms with van der Waals surface area (Å²) in [4.78, 5) is 3.56. The predicted octanol–water partition coefficient (Wildman–Crippen LogP) is 4.52. The fraction of sp³-hybridized carbons (Fsp3) is 0.333. The van der Waals surface area contributed by atoms with Crippen molar-refractivity contribution >= 4 is 34.2 Å². The second-order valence-corrected chi connectivity index (χ2v) is 5.14. The molecular weight excluding hydrogens is 314 g/mol. The van der Waals surface area contributed by atoms with E-state index in [-0.39, 0.29) is 27.6 Å². The van der Waals surface area contributed by atoms with Gasteiger partial charge in [0.1, 0.15) is 0 Å². The normalized spacial score (nSPS) is 13.4. The SMILES string of the molecule is CC(C#N)Cn1c(C(F)(F)F)nc2cc(Cl)c(Cl)cc21. The molecule has 0 radical (unpaired) electrons. The topological polar surface area (TPSA) is 41.6 Å². The molecule has 0 N–H and O–H groups in total. The second kappa shape index (κ2) is 5.15. The number of benzene rings is 1. The van der Waals surface area contributed by atoms with Gasteiger partial charge in [-0.15, -0.1) is 0 Å². The maximum Gasteiger partial charge on any atom is 0.449 e. The molecule has 2 rings (SSSR count). The molecule has 0 amide bonds. The van der Waals surface area contributed by atoms with Crippen LogP contribution in [0, 0.1) is 17.2 Å². The second-order valence-electron chi connectivity index (χ2n) is 4.33. The van der Waals surface area contributed by atoms with Crippen LogP contribution in [-0.2, 0) is 12.7 Å². The summed E-state index contributed by atoms with van der Waals surface area (Å²) in [5, 5.41) is 9.05. The molecule has 1 aromatic heterocycles. The summed E-state index contributed by atoms with van der Waals surface area (Å²) in [5.74, 6) is -1.66. The highest BCUT2D eigenvalue weighted by Gasteiger charge is 2.38. The van der Waals surface area contributed by atoms with Crippen LogP contribution in [0.5, 0.6) is 0 Å². The van der Waals surface area contributed by atoms with Crippen molar-refractivity contribution in [2.24, 2.45) is 5.92 Å². The monoisotopic (exact) mass is 321 g/mol. The predicted molar refractivity (Wildman–Crippen MR) is 69.5 cm³/mol. The maximum absolute atomic E-state index is 13.0. The molecule has 0 fully saturated rings. The zero-order valence-corrected chi connectivity index (χ0v) is 11.7. The minimum atomic E-state index is -4.62. The van der Waals surface area contributed by atoms with Crippen molar-refractivity contribution in [3.8, 4) is 6.07 Å². The quantitative estimate of drug-likeness (QED) is 0.815. The van der Waals surface area contributed by atoms with Gasteiger partial charge in [-0.05, 0) is 19.1 Å². The average molecular weight is 322 g/mol. The number of nitrogens with zero attached hydrogens (tertiary/aromatic N) is 3. The van der Waals surface area contributed by atoms with Crippen LogP contribution in [0.15, 0.2) is 12.1 Å². The van der Waals surface area contributed by atoms with E-state index in [0.29, 0.717) is 0 Å². The van der Waals surface area contributed by atoms with E-state index in [1.165, 1.54) is 19.1 Å². The van der Waals surface area contributed by atoms with Gasteiger partial charge >= 0.3 is 6.18 Å². The Morgan fingerprint density at radius 3 is 2.50 bits per heavy atom. The van der Waals surface area contributed by atoms with E-state index in [2.05, 4.69) is 4.98 Å². The average Bonchev–Trinajstić information content (AvgIpc) is 2.68. The van der Waals surface area contributed by atoms with E-state index in [1.54, 1.807) is 0 Å². The Morgan fingerprint density at radius 2 is 1.95 bits per heavy atom. The molecule has 1 atom stereocenters. The third-order valence-corrected chi connectivity index (χ3v) is 3.44. The number of aromatic nitrogens is 2. The van der Waals surface area contributed by atoms with E-state index in [1.807, 2.05) is 6.07 Å². The molecule has 8 heteroatoms. The lowest BCUT2D eigenvalue weighted by atomic mass is 10.2. The van der Waals surface area contributed by atoms with Gasteiger partial charge in [-0.2, -0.15) is 18.4 Å². The smallest absolute Gasteiger partial charge is 0.319 e. The Balaban J connectivity index is 2.72. The van der Waals surface area contributed by atoms with E-state index < -0.39 is 17.9 Å². The molecule has 1 heterocycles. The molecule has 0 bridgehead atoms. The van der Waals surface area contributed by atoms with Crippen molar-refractivity contribution in [2.45, 2.75) is 19.6 Å². The number of hydrogen-bond donors (Lipinski definition) is 0. The Hall–Kier alpha value is -1.45. The molecule has 0 saturated carbocycles. The fourth-order valence-corrected chi connectivity index (χ4v) is 2.15. The molecule has 2 aromatic rings. The Bertz CT molecular complexity index is 701. The lowest BCUT2D eigenvalue weighted by Gasteiger charge is -2.12. The van der Waals surface area contributed by atoms with Crippen LogP contribution in [0.4, 0.5) is 13.2 Å². The summed E-state index contributed by atoms with van der Waals surface area (Å²) < 4.78 is 40.0. The molecule has 20 heavy (non-hydrogen) atoms. The van der Waals surface area contributed by atoms with Gasteiger partial charge in [0.25, 0.3) is 0 Å². The van der Waals surface area contributed by atoms with Gasteiger partial charge in [-0.25, -0.2) is 4.98 Å². The van der Waals surface area contributed by atoms with Gasteiger partial charge in [0, 0.05) is 6.54 Å². The third kappa shape index (κ3) is 2.69. The first-order chi connectivity index (χ1) is 9.24. The van der Waals surface area contributed by atoms with Crippen LogP contribution in [0.3, 0.4) is 0 Å². The highest BCUT2D eigenvalue weighted by Crippen LogP contribution is 2.35.